The Morgan fingerprint density at radius 3 is 2.12 bits per heavy atom. The van der Waals surface area contributed by atoms with Gasteiger partial charge >= 0.3 is 0 Å². The second-order valence-electron chi connectivity index (χ2n) is 16.9. The summed E-state index contributed by atoms with van der Waals surface area (Å²) in [6.07, 6.45) is 13.2. The van der Waals surface area contributed by atoms with Crippen molar-refractivity contribution in [1.29, 1.82) is 0 Å². The summed E-state index contributed by atoms with van der Waals surface area (Å²) in [5.74, 6) is 3.92. The molecule has 6 aliphatic rings. The van der Waals surface area contributed by atoms with E-state index >= 15 is 0 Å². The molecule has 0 radical (unpaired) electrons. The van der Waals surface area contributed by atoms with E-state index < -0.39 is 0 Å². The molecule has 4 aromatic rings. The lowest BCUT2D eigenvalue weighted by Gasteiger charge is -2.35. The third-order valence-electron chi connectivity index (χ3n) is 13.0. The number of amides is 2. The fourth-order valence-electron chi connectivity index (χ4n) is 9.52. The SMILES string of the molecule is O=C(Nc1ccc(C2CC2)cc1)[C@H]1CCCCN1Cc1cc2c(cn1)OC(C1CC1c1ccc(NC(=O)[C@H]3CCCCN3Cc3cnc4n3CCOC4)cc1)CO2. The highest BCUT2D eigenvalue weighted by Crippen LogP contribution is 2.52. The molecule has 2 aromatic carbocycles. The minimum atomic E-state index is -0.194. The Balaban J connectivity index is 0.716. The van der Waals surface area contributed by atoms with Crippen molar-refractivity contribution >= 4 is 23.2 Å². The van der Waals surface area contributed by atoms with Gasteiger partial charge in [-0.15, -0.1) is 0 Å². The maximum atomic E-state index is 13.6. The maximum Gasteiger partial charge on any atom is 0.241 e. The average molecular weight is 772 g/mol. The van der Waals surface area contributed by atoms with Crippen molar-refractivity contribution in [2.45, 2.75) is 114 Å². The molecule has 2 aliphatic carbocycles. The van der Waals surface area contributed by atoms with Gasteiger partial charge in [0.15, 0.2) is 11.5 Å². The van der Waals surface area contributed by atoms with Gasteiger partial charge in [-0.05, 0) is 105 Å². The predicted octanol–water partition coefficient (Wildman–Crippen LogP) is 6.62. The van der Waals surface area contributed by atoms with Gasteiger partial charge in [0.2, 0.25) is 11.8 Å². The van der Waals surface area contributed by atoms with Crippen LogP contribution in [0.25, 0.3) is 0 Å². The third kappa shape index (κ3) is 8.04. The van der Waals surface area contributed by atoms with Crippen LogP contribution in [0.4, 0.5) is 11.4 Å². The van der Waals surface area contributed by atoms with E-state index in [1.54, 1.807) is 6.20 Å². The summed E-state index contributed by atoms with van der Waals surface area (Å²) in [6, 6.07) is 18.3. The molecule has 6 heterocycles. The lowest BCUT2D eigenvalue weighted by molar-refractivity contribution is -0.123. The molecule has 0 bridgehead atoms. The Hall–Kier alpha value is -4.78. The number of nitrogens with zero attached hydrogens (tertiary/aromatic N) is 5. The summed E-state index contributed by atoms with van der Waals surface area (Å²) in [7, 11) is 0. The van der Waals surface area contributed by atoms with Crippen LogP contribution < -0.4 is 20.1 Å². The van der Waals surface area contributed by atoms with Crippen LogP contribution in [0.1, 0.15) is 98.0 Å². The molecule has 298 valence electrons. The van der Waals surface area contributed by atoms with E-state index in [1.807, 2.05) is 36.5 Å². The summed E-state index contributed by atoms with van der Waals surface area (Å²) in [5.41, 5.74) is 6.34. The molecule has 2 saturated carbocycles. The number of ether oxygens (including phenoxy) is 3. The highest BCUT2D eigenvalue weighted by molar-refractivity contribution is 5.95. The summed E-state index contributed by atoms with van der Waals surface area (Å²) in [5, 5.41) is 6.38. The number of nitrogens with one attached hydrogen (secondary N) is 2. The number of imidazole rings is 1. The molecular formula is C45H53N7O5. The van der Waals surface area contributed by atoms with Crippen LogP contribution in [0.5, 0.6) is 11.5 Å². The molecule has 3 unspecified atom stereocenters. The summed E-state index contributed by atoms with van der Waals surface area (Å²) in [4.78, 5) is 40.9. The number of pyridine rings is 1. The zero-order chi connectivity index (χ0) is 38.3. The molecule has 0 spiro atoms. The zero-order valence-electron chi connectivity index (χ0n) is 32.6. The molecule has 4 fully saturated rings. The molecule has 12 heteroatoms. The molecule has 57 heavy (non-hydrogen) atoms. The number of carbonyl (C=O) groups excluding carboxylic acids is 2. The van der Waals surface area contributed by atoms with Crippen molar-refractivity contribution in [2.75, 3.05) is 36.9 Å². The van der Waals surface area contributed by atoms with Gasteiger partial charge in [0.1, 0.15) is 25.1 Å². The number of piperidine rings is 2. The van der Waals surface area contributed by atoms with Gasteiger partial charge in [-0.3, -0.25) is 24.4 Å². The van der Waals surface area contributed by atoms with E-state index in [4.69, 9.17) is 19.2 Å². The van der Waals surface area contributed by atoms with Crippen LogP contribution in [0, 0.1) is 5.92 Å². The fraction of sp³-hybridized carbons (Fsp3) is 0.511. The normalized spacial score (nSPS) is 26.0. The van der Waals surface area contributed by atoms with Crippen molar-refractivity contribution in [3.63, 3.8) is 0 Å². The zero-order valence-corrected chi connectivity index (χ0v) is 32.6. The molecule has 12 nitrogen and oxygen atoms in total. The largest absolute Gasteiger partial charge is 0.486 e. The van der Waals surface area contributed by atoms with Gasteiger partial charge < -0.3 is 29.4 Å². The van der Waals surface area contributed by atoms with Crippen molar-refractivity contribution in [3.05, 3.63) is 95.3 Å². The first kappa shape index (κ1) is 36.6. The first-order valence-electron chi connectivity index (χ1n) is 21.2. The second-order valence-corrected chi connectivity index (χ2v) is 16.9. The van der Waals surface area contributed by atoms with E-state index in [1.165, 1.54) is 24.0 Å². The molecule has 2 aromatic heterocycles. The maximum absolute atomic E-state index is 13.6. The number of aromatic nitrogens is 3. The molecule has 2 N–H and O–H groups in total. The summed E-state index contributed by atoms with van der Waals surface area (Å²) in [6.45, 7) is 5.63. The van der Waals surface area contributed by atoms with Crippen molar-refractivity contribution in [2.24, 2.45) is 5.92 Å². The molecule has 4 aliphatic heterocycles. The number of hydrogen-bond donors (Lipinski definition) is 2. The smallest absolute Gasteiger partial charge is 0.241 e. The van der Waals surface area contributed by atoms with Gasteiger partial charge in [-0.2, -0.15) is 0 Å². The Morgan fingerprint density at radius 1 is 0.737 bits per heavy atom. The van der Waals surface area contributed by atoms with Crippen molar-refractivity contribution in [1.82, 2.24) is 24.3 Å². The van der Waals surface area contributed by atoms with Crippen LogP contribution >= 0.6 is 0 Å². The van der Waals surface area contributed by atoms with E-state index in [0.717, 1.165) is 105 Å². The fourth-order valence-corrected chi connectivity index (χ4v) is 9.52. The standard InChI is InChI=1S/C45H53N7O5/c53-44(48-32-13-9-30(10-14-32)29-7-8-29)38-5-1-3-17-50(38)25-34-21-40-41(24-46-34)57-42(27-56-40)37-22-36(37)31-11-15-33(16-12-31)49-45(54)39-6-2-4-18-51(39)26-35-23-47-43-28-55-20-19-52(35)43/h9-16,21,23-24,29,36-39,42H,1-8,17-20,22,25-28H2,(H,48,53)(H,49,54)/t36?,37?,38-,39-,42?/m1/s1. The van der Waals surface area contributed by atoms with Crippen molar-refractivity contribution in [3.8, 4) is 11.5 Å². The van der Waals surface area contributed by atoms with Crippen LogP contribution in [-0.4, -0.2) is 80.6 Å². The van der Waals surface area contributed by atoms with E-state index in [2.05, 4.69) is 54.2 Å². The minimum Gasteiger partial charge on any atom is -0.486 e. The number of rotatable bonds is 11. The number of anilines is 2. The molecule has 2 amide bonds. The topological polar surface area (TPSA) is 123 Å². The van der Waals surface area contributed by atoms with Gasteiger partial charge in [-0.1, -0.05) is 37.1 Å². The van der Waals surface area contributed by atoms with Crippen LogP contribution in [0.2, 0.25) is 0 Å². The number of fused-ring (bicyclic) bond motifs is 2. The van der Waals surface area contributed by atoms with Gasteiger partial charge in [0.25, 0.3) is 0 Å². The third-order valence-corrected chi connectivity index (χ3v) is 13.0. The quantitative estimate of drug-likeness (QED) is 0.173. The highest BCUT2D eigenvalue weighted by atomic mass is 16.6. The van der Waals surface area contributed by atoms with E-state index in [9.17, 15) is 9.59 Å². The summed E-state index contributed by atoms with van der Waals surface area (Å²) < 4.78 is 20.6. The predicted molar refractivity (Wildman–Crippen MR) is 215 cm³/mol. The summed E-state index contributed by atoms with van der Waals surface area (Å²) >= 11 is 0. The first-order valence-corrected chi connectivity index (χ1v) is 21.2. The first-order chi connectivity index (χ1) is 28.0. The molecule has 2 saturated heterocycles. The van der Waals surface area contributed by atoms with Gasteiger partial charge in [-0.25, -0.2) is 4.98 Å². The number of hydrogen-bond acceptors (Lipinski definition) is 9. The Labute approximate surface area is 334 Å². The van der Waals surface area contributed by atoms with Gasteiger partial charge in [0, 0.05) is 49.2 Å². The minimum absolute atomic E-state index is 0.0470. The molecule has 10 rings (SSSR count). The van der Waals surface area contributed by atoms with E-state index in [-0.39, 0.29) is 30.0 Å². The van der Waals surface area contributed by atoms with Crippen molar-refractivity contribution < 1.29 is 23.8 Å². The Morgan fingerprint density at radius 2 is 1.42 bits per heavy atom. The lowest BCUT2D eigenvalue weighted by Crippen LogP contribution is -2.46. The van der Waals surface area contributed by atoms with Gasteiger partial charge in [0.05, 0.1) is 36.3 Å². The second kappa shape index (κ2) is 15.9. The van der Waals surface area contributed by atoms with Crippen LogP contribution in [0.3, 0.4) is 0 Å². The average Bonchev–Trinajstić information content (AvgIpc) is 4.20. The Bertz CT molecular complexity index is 2080. The van der Waals surface area contributed by atoms with Crippen LogP contribution in [-0.2, 0) is 40.6 Å². The number of benzene rings is 2. The Kier molecular flexibility index (Phi) is 10.2. The number of carbonyl (C=O) groups is 2. The molecular weight excluding hydrogens is 719 g/mol. The lowest BCUT2D eigenvalue weighted by atomic mass is 10.0. The monoisotopic (exact) mass is 771 g/mol. The highest BCUT2D eigenvalue weighted by Gasteiger charge is 2.47. The number of likely N-dealkylation sites (tertiary alicyclic amines) is 2. The van der Waals surface area contributed by atoms with E-state index in [0.29, 0.717) is 49.9 Å². The molecule has 5 atom stereocenters. The van der Waals surface area contributed by atoms with Crippen LogP contribution in [0.15, 0.2) is 67.0 Å².